The molecule has 2 unspecified atom stereocenters. The Balaban J connectivity index is 0.966. The molecule has 1 heterocycles. The second kappa shape index (κ2) is 14.5. The molecule has 0 amide bonds. The summed E-state index contributed by atoms with van der Waals surface area (Å²) in [6, 6.07) is 80.7. The minimum absolute atomic E-state index is 0.0738. The first-order valence-corrected chi connectivity index (χ1v) is 22.2. The van der Waals surface area contributed by atoms with Crippen molar-refractivity contribution in [2.24, 2.45) is 5.92 Å². The Morgan fingerprint density at radius 2 is 0.906 bits per heavy atom. The van der Waals surface area contributed by atoms with Crippen molar-refractivity contribution in [2.45, 2.75) is 11.3 Å². The predicted molar refractivity (Wildman–Crippen MR) is 259 cm³/mol. The third-order valence-electron chi connectivity index (χ3n) is 13.8. The van der Waals surface area contributed by atoms with Crippen LogP contribution in [0.25, 0.3) is 44.5 Å². The van der Waals surface area contributed by atoms with Crippen molar-refractivity contribution >= 4 is 17.1 Å². The van der Waals surface area contributed by atoms with Crippen LogP contribution in [0, 0.1) is 5.92 Å². The highest BCUT2D eigenvalue weighted by molar-refractivity contribution is 5.92. The van der Waals surface area contributed by atoms with Crippen LogP contribution < -0.4 is 14.4 Å². The Hall–Kier alpha value is -8.14. The van der Waals surface area contributed by atoms with E-state index in [2.05, 4.69) is 235 Å². The van der Waals surface area contributed by atoms with Gasteiger partial charge in [-0.1, -0.05) is 188 Å². The van der Waals surface area contributed by atoms with Gasteiger partial charge in [-0.3, -0.25) is 0 Å². The van der Waals surface area contributed by atoms with Crippen molar-refractivity contribution < 1.29 is 9.47 Å². The van der Waals surface area contributed by atoms with Crippen molar-refractivity contribution in [2.75, 3.05) is 4.90 Å². The summed E-state index contributed by atoms with van der Waals surface area (Å²) in [4.78, 5) is 2.34. The molecule has 0 radical (unpaired) electrons. The van der Waals surface area contributed by atoms with Crippen molar-refractivity contribution in [3.8, 4) is 56.0 Å². The van der Waals surface area contributed by atoms with Gasteiger partial charge in [0.1, 0.15) is 0 Å². The minimum Gasteiger partial charge on any atom is -0.450 e. The minimum atomic E-state index is -0.363. The van der Waals surface area contributed by atoms with E-state index < -0.39 is 0 Å². The second-order valence-electron chi connectivity index (χ2n) is 17.1. The van der Waals surface area contributed by atoms with E-state index in [1.54, 1.807) is 0 Å². The van der Waals surface area contributed by atoms with Gasteiger partial charge >= 0.3 is 0 Å². The Morgan fingerprint density at radius 3 is 1.66 bits per heavy atom. The Kier molecular flexibility index (Phi) is 8.26. The first-order valence-electron chi connectivity index (χ1n) is 22.2. The number of para-hydroxylation sites is 2. The number of hydrogen-bond donors (Lipinski definition) is 0. The van der Waals surface area contributed by atoms with E-state index in [4.69, 9.17) is 9.47 Å². The van der Waals surface area contributed by atoms with E-state index in [1.807, 2.05) is 6.07 Å². The van der Waals surface area contributed by atoms with E-state index in [0.29, 0.717) is 11.5 Å². The van der Waals surface area contributed by atoms with E-state index in [9.17, 15) is 0 Å². The summed E-state index contributed by atoms with van der Waals surface area (Å²) < 4.78 is 14.3. The number of benzene rings is 9. The molecular weight excluding hydrogens is 779 g/mol. The predicted octanol–water partition coefficient (Wildman–Crippen LogP) is 15.4. The zero-order chi connectivity index (χ0) is 42.2. The highest BCUT2D eigenvalue weighted by Gasteiger charge is 2.58. The average Bonchev–Trinajstić information content (AvgIpc) is 3.83. The van der Waals surface area contributed by atoms with E-state index >= 15 is 0 Å². The van der Waals surface area contributed by atoms with E-state index in [1.165, 1.54) is 44.5 Å². The fourth-order valence-corrected chi connectivity index (χ4v) is 11.2. The fourth-order valence-electron chi connectivity index (χ4n) is 11.2. The number of ether oxygens (including phenoxy) is 2. The van der Waals surface area contributed by atoms with Crippen LogP contribution in [0.1, 0.15) is 28.2 Å². The summed E-state index contributed by atoms with van der Waals surface area (Å²) in [6.07, 6.45) is 4.70. The molecule has 302 valence electrons. The summed E-state index contributed by atoms with van der Waals surface area (Å²) in [7, 11) is 0. The molecule has 3 heteroatoms. The van der Waals surface area contributed by atoms with Gasteiger partial charge in [-0.15, -0.1) is 0 Å². The molecule has 0 saturated carbocycles. The largest absolute Gasteiger partial charge is 0.450 e. The number of anilines is 3. The molecule has 4 aliphatic rings. The monoisotopic (exact) mass is 819 g/mol. The third-order valence-corrected chi connectivity index (χ3v) is 13.8. The molecule has 9 aromatic rings. The first kappa shape index (κ1) is 36.5. The van der Waals surface area contributed by atoms with Crippen LogP contribution in [0.4, 0.5) is 17.1 Å². The van der Waals surface area contributed by atoms with Crippen LogP contribution in [-0.2, 0) is 5.41 Å². The second-order valence-corrected chi connectivity index (χ2v) is 17.1. The lowest BCUT2D eigenvalue weighted by molar-refractivity contribution is 0.276. The van der Waals surface area contributed by atoms with Gasteiger partial charge in [-0.05, 0) is 110 Å². The zero-order valence-electron chi connectivity index (χ0n) is 34.9. The van der Waals surface area contributed by atoms with Crippen LogP contribution >= 0.6 is 0 Å². The fraction of sp³-hybridized carbons (Fsp3) is 0.0492. The van der Waals surface area contributed by atoms with Gasteiger partial charge < -0.3 is 14.4 Å². The molecule has 13 rings (SSSR count). The third kappa shape index (κ3) is 5.47. The van der Waals surface area contributed by atoms with Crippen molar-refractivity contribution in [3.63, 3.8) is 0 Å². The number of nitrogens with zero attached hydrogens (tertiary/aromatic N) is 1. The molecule has 1 aliphatic heterocycles. The summed E-state index contributed by atoms with van der Waals surface area (Å²) >= 11 is 0. The van der Waals surface area contributed by atoms with Crippen LogP contribution in [0.5, 0.6) is 11.5 Å². The summed E-state index contributed by atoms with van der Waals surface area (Å²) in [5, 5.41) is 0. The molecule has 1 spiro atoms. The lowest BCUT2D eigenvalue weighted by atomic mass is 9.65. The summed E-state index contributed by atoms with van der Waals surface area (Å²) in [5.74, 6) is 3.03. The van der Waals surface area contributed by atoms with Gasteiger partial charge in [0.15, 0.2) is 23.0 Å². The lowest BCUT2D eigenvalue weighted by Crippen LogP contribution is -2.34. The van der Waals surface area contributed by atoms with Gasteiger partial charge in [0.2, 0.25) is 0 Å². The van der Waals surface area contributed by atoms with Crippen molar-refractivity contribution in [1.82, 2.24) is 0 Å². The van der Waals surface area contributed by atoms with Gasteiger partial charge in [0.05, 0.1) is 16.8 Å². The van der Waals surface area contributed by atoms with Crippen LogP contribution in [-0.4, -0.2) is 0 Å². The molecule has 0 fully saturated rings. The molecule has 2 atom stereocenters. The van der Waals surface area contributed by atoms with Crippen LogP contribution in [0.15, 0.2) is 248 Å². The first-order chi connectivity index (χ1) is 31.7. The highest BCUT2D eigenvalue weighted by Crippen LogP contribution is 2.66. The Morgan fingerprint density at radius 1 is 0.375 bits per heavy atom. The number of hydrogen-bond acceptors (Lipinski definition) is 3. The summed E-state index contributed by atoms with van der Waals surface area (Å²) in [5.41, 5.74) is 17.4. The number of fused-ring (bicyclic) bond motifs is 12. The van der Waals surface area contributed by atoms with E-state index in [0.717, 1.165) is 50.8 Å². The van der Waals surface area contributed by atoms with Gasteiger partial charge in [0, 0.05) is 23.1 Å². The molecular formula is C61H41NO2. The maximum Gasteiger partial charge on any atom is 0.194 e. The molecule has 0 saturated heterocycles. The van der Waals surface area contributed by atoms with Gasteiger partial charge in [0.25, 0.3) is 0 Å². The summed E-state index contributed by atoms with van der Waals surface area (Å²) in [6.45, 7) is 0. The molecule has 3 nitrogen and oxygen atoms in total. The zero-order valence-corrected chi connectivity index (χ0v) is 34.9. The Bertz CT molecular complexity index is 3320. The van der Waals surface area contributed by atoms with Gasteiger partial charge in [-0.2, -0.15) is 0 Å². The smallest absolute Gasteiger partial charge is 0.194 e. The lowest BCUT2D eigenvalue weighted by Gasteiger charge is -2.38. The van der Waals surface area contributed by atoms with Crippen molar-refractivity contribution in [1.29, 1.82) is 0 Å². The maximum atomic E-state index is 7.26. The molecule has 64 heavy (non-hydrogen) atoms. The highest BCUT2D eigenvalue weighted by atomic mass is 16.6. The number of rotatable bonds is 6. The quantitative estimate of drug-likeness (QED) is 0.167. The molecule has 0 N–H and O–H groups in total. The van der Waals surface area contributed by atoms with Crippen LogP contribution in [0.2, 0.25) is 0 Å². The molecule has 3 aliphatic carbocycles. The molecule has 0 aromatic heterocycles. The molecule has 0 bridgehead atoms. The Labute approximate surface area is 373 Å². The standard InChI is InChI=1S/C61H41NO2/c1-3-18-40(19-4-1)42-22-15-23-43(36-42)44-24-16-25-45(37-44)62(55-33-14-10-26-46(55)41-20-5-2-6-21-41)56-34-17-35-57-60(56)64-58-38-50-49-29-9-13-32-53(49)61(54(50)39-59(58)63-57)51-30-11-7-27-47(51)48-28-8-12-31-52(48)61/h1-39,50,54H. The average molecular weight is 820 g/mol. The van der Waals surface area contributed by atoms with Crippen molar-refractivity contribution in [3.05, 3.63) is 270 Å². The maximum absolute atomic E-state index is 7.26. The topological polar surface area (TPSA) is 21.7 Å². The van der Waals surface area contributed by atoms with Crippen LogP contribution in [0.3, 0.4) is 0 Å². The molecule has 9 aromatic carbocycles. The van der Waals surface area contributed by atoms with E-state index in [-0.39, 0.29) is 17.3 Å². The number of allylic oxidation sites excluding steroid dienone is 2. The SMILES string of the molecule is C1=C2Oc3cccc(N(c4cccc(-c5cccc(-c6ccccc6)c5)c4)c4ccccc4-c4ccccc4)c3OC2=CC2c3ccccc3C3(c4ccccc4-c4ccccc43)C12. The normalized spacial score (nSPS) is 16.7. The van der Waals surface area contributed by atoms with Gasteiger partial charge in [-0.25, -0.2) is 0 Å².